The Balaban J connectivity index is 1.57. The maximum absolute atomic E-state index is 13.0. The highest BCUT2D eigenvalue weighted by Crippen LogP contribution is 2.26. The Morgan fingerprint density at radius 2 is 1.28 bits per heavy atom. The first-order valence-electron chi connectivity index (χ1n) is 19.4. The van der Waals surface area contributed by atoms with Crippen molar-refractivity contribution in [3.8, 4) is 0 Å². The van der Waals surface area contributed by atoms with Crippen LogP contribution in [0.15, 0.2) is 30.3 Å². The van der Waals surface area contributed by atoms with Gasteiger partial charge < -0.3 is 41.4 Å². The molecule has 1 aliphatic rings. The normalized spacial score (nSPS) is 14.3. The van der Waals surface area contributed by atoms with Gasteiger partial charge in [-0.05, 0) is 17.9 Å². The molecule has 1 unspecified atom stereocenters. The second kappa shape index (κ2) is 26.6. The lowest BCUT2D eigenvalue weighted by molar-refractivity contribution is -0.140. The molecule has 18 heteroatoms. The zero-order chi connectivity index (χ0) is 42.2. The van der Waals surface area contributed by atoms with Gasteiger partial charge in [-0.15, -0.1) is 0 Å². The molecule has 1 aliphatic heterocycles. The fourth-order valence-corrected chi connectivity index (χ4v) is 5.46. The molecule has 0 aliphatic carbocycles. The van der Waals surface area contributed by atoms with E-state index in [0.29, 0.717) is 12.8 Å². The molecule has 8 amide bonds. The van der Waals surface area contributed by atoms with E-state index in [2.05, 4.69) is 31.9 Å². The predicted molar refractivity (Wildman–Crippen MR) is 207 cm³/mol. The number of amides is 8. The highest BCUT2D eigenvalue weighted by atomic mass is 16.5. The maximum Gasteiger partial charge on any atom is 0.243 e. The Kier molecular flexibility index (Phi) is 22.4. The minimum absolute atomic E-state index is 0.0101. The number of carbonyl (C=O) groups excluding carboxylic acids is 9. The molecule has 6 N–H and O–H groups in total. The van der Waals surface area contributed by atoms with Crippen molar-refractivity contribution in [2.45, 2.75) is 72.3 Å². The van der Waals surface area contributed by atoms with Crippen molar-refractivity contribution >= 4 is 53.0 Å². The third kappa shape index (κ3) is 20.0. The van der Waals surface area contributed by atoms with Crippen LogP contribution in [0.1, 0.15) is 65.4 Å². The standard InChI is InChI=1S/C39H59N7O11/c1-26(2)29-22-37(53)46(39(29)55)16-12-32(48)41-15-18-57-20-19-56-17-13-33(49)42-23-35(51)43-25-36(52)45-30(21-28-9-6-5-7-10-28)38(54)44-24-34(50)40-14-8-11-31(47)27(3)4/h5-7,9-10,26-27,29-30H,8,11-25H2,1-4H3,(H,40,50)(H,41,48)(H,42,49)(H,43,51)(H,44,54)(H,45,52)/t29?,30-/m0/s1. The zero-order valence-corrected chi connectivity index (χ0v) is 33.4. The van der Waals surface area contributed by atoms with Crippen molar-refractivity contribution in [3.63, 3.8) is 0 Å². The first-order chi connectivity index (χ1) is 27.2. The van der Waals surface area contributed by atoms with Crippen LogP contribution in [0.25, 0.3) is 0 Å². The van der Waals surface area contributed by atoms with Crippen LogP contribution in [-0.2, 0) is 59.0 Å². The lowest BCUT2D eigenvalue weighted by Crippen LogP contribution is -2.52. The highest BCUT2D eigenvalue weighted by molar-refractivity contribution is 6.04. The summed E-state index contributed by atoms with van der Waals surface area (Å²) in [5.74, 6) is -3.82. The van der Waals surface area contributed by atoms with E-state index in [4.69, 9.17) is 9.47 Å². The number of nitrogens with one attached hydrogen (secondary N) is 6. The van der Waals surface area contributed by atoms with Crippen LogP contribution in [0.2, 0.25) is 0 Å². The minimum atomic E-state index is -1.05. The number of nitrogens with zero attached hydrogens (tertiary/aromatic N) is 1. The van der Waals surface area contributed by atoms with Crippen LogP contribution in [-0.4, -0.2) is 130 Å². The number of ether oxygens (including phenoxy) is 2. The summed E-state index contributed by atoms with van der Waals surface area (Å²) >= 11 is 0. The first kappa shape index (κ1) is 47.9. The summed E-state index contributed by atoms with van der Waals surface area (Å²) in [6.07, 6.45) is 1.11. The number of rotatable bonds is 28. The lowest BCUT2D eigenvalue weighted by Gasteiger charge is -2.19. The maximum atomic E-state index is 13.0. The van der Waals surface area contributed by atoms with Gasteiger partial charge in [-0.25, -0.2) is 0 Å². The summed E-state index contributed by atoms with van der Waals surface area (Å²) in [5, 5.41) is 15.2. The number of likely N-dealkylation sites (tertiary alicyclic amines) is 1. The molecule has 0 bridgehead atoms. The van der Waals surface area contributed by atoms with Crippen molar-refractivity contribution in [2.75, 3.05) is 65.7 Å². The summed E-state index contributed by atoms with van der Waals surface area (Å²) in [5.41, 5.74) is 0.756. The average molecular weight is 802 g/mol. The molecular formula is C39H59N7O11. The summed E-state index contributed by atoms with van der Waals surface area (Å²) in [6, 6.07) is 7.88. The largest absolute Gasteiger partial charge is 0.379 e. The van der Waals surface area contributed by atoms with E-state index in [1.165, 1.54) is 0 Å². The molecule has 0 radical (unpaired) electrons. The van der Waals surface area contributed by atoms with Crippen LogP contribution in [0, 0.1) is 17.8 Å². The molecule has 1 saturated heterocycles. The van der Waals surface area contributed by atoms with Gasteiger partial charge in [0.2, 0.25) is 47.3 Å². The van der Waals surface area contributed by atoms with Crippen molar-refractivity contribution in [2.24, 2.45) is 17.8 Å². The molecule has 1 fully saturated rings. The number of hydrogen-bond acceptors (Lipinski definition) is 11. The second-order valence-electron chi connectivity index (χ2n) is 14.2. The highest BCUT2D eigenvalue weighted by Gasteiger charge is 2.39. The van der Waals surface area contributed by atoms with Crippen LogP contribution in [0.5, 0.6) is 0 Å². The van der Waals surface area contributed by atoms with E-state index in [1.54, 1.807) is 30.3 Å². The van der Waals surface area contributed by atoms with Gasteiger partial charge in [0.05, 0.1) is 46.1 Å². The van der Waals surface area contributed by atoms with E-state index in [9.17, 15) is 43.2 Å². The minimum Gasteiger partial charge on any atom is -0.379 e. The van der Waals surface area contributed by atoms with Gasteiger partial charge in [0.1, 0.15) is 11.8 Å². The second-order valence-corrected chi connectivity index (χ2v) is 14.2. The summed E-state index contributed by atoms with van der Waals surface area (Å²) in [7, 11) is 0. The van der Waals surface area contributed by atoms with Crippen molar-refractivity contribution in [1.82, 2.24) is 36.8 Å². The van der Waals surface area contributed by atoms with Gasteiger partial charge in [0.25, 0.3) is 0 Å². The number of hydrogen-bond donors (Lipinski definition) is 6. The molecule has 18 nitrogen and oxygen atoms in total. The first-order valence-corrected chi connectivity index (χ1v) is 19.4. The fraction of sp³-hybridized carbons (Fsp3) is 0.615. The summed E-state index contributed by atoms with van der Waals surface area (Å²) in [6.45, 7) is 7.45. The van der Waals surface area contributed by atoms with Crippen LogP contribution < -0.4 is 31.9 Å². The van der Waals surface area contributed by atoms with Crippen molar-refractivity contribution in [3.05, 3.63) is 35.9 Å². The third-order valence-electron chi connectivity index (χ3n) is 8.88. The van der Waals surface area contributed by atoms with Gasteiger partial charge in [-0.3, -0.25) is 48.1 Å². The molecular weight excluding hydrogens is 742 g/mol. The van der Waals surface area contributed by atoms with E-state index >= 15 is 0 Å². The van der Waals surface area contributed by atoms with Crippen LogP contribution in [0.3, 0.4) is 0 Å². The van der Waals surface area contributed by atoms with Gasteiger partial charge >= 0.3 is 0 Å². The topological polar surface area (TPSA) is 248 Å². The Hall–Kier alpha value is -5.23. The molecule has 0 aromatic heterocycles. The van der Waals surface area contributed by atoms with Crippen LogP contribution >= 0.6 is 0 Å². The van der Waals surface area contributed by atoms with Crippen molar-refractivity contribution in [1.29, 1.82) is 0 Å². The quantitative estimate of drug-likeness (QED) is 0.0450. The third-order valence-corrected chi connectivity index (χ3v) is 8.88. The number of ketones is 1. The molecule has 2 atom stereocenters. The van der Waals surface area contributed by atoms with E-state index < -0.39 is 48.7 Å². The monoisotopic (exact) mass is 801 g/mol. The Morgan fingerprint density at radius 3 is 1.95 bits per heavy atom. The van der Waals surface area contributed by atoms with E-state index in [1.807, 2.05) is 27.7 Å². The molecule has 1 aromatic rings. The van der Waals surface area contributed by atoms with Gasteiger partial charge in [0.15, 0.2) is 0 Å². The van der Waals surface area contributed by atoms with E-state index in [-0.39, 0.29) is 120 Å². The fourth-order valence-electron chi connectivity index (χ4n) is 5.46. The number of carbonyl (C=O) groups is 9. The van der Waals surface area contributed by atoms with Crippen LogP contribution in [0.4, 0.5) is 0 Å². The molecule has 57 heavy (non-hydrogen) atoms. The Morgan fingerprint density at radius 1 is 0.684 bits per heavy atom. The predicted octanol–water partition coefficient (Wildman–Crippen LogP) is -0.855. The smallest absolute Gasteiger partial charge is 0.243 e. The van der Waals surface area contributed by atoms with Crippen molar-refractivity contribution < 1.29 is 52.6 Å². The molecule has 1 heterocycles. The summed E-state index contributed by atoms with van der Waals surface area (Å²) < 4.78 is 10.8. The number of imide groups is 1. The summed E-state index contributed by atoms with van der Waals surface area (Å²) in [4.78, 5) is 112. The molecule has 1 aromatic carbocycles. The average Bonchev–Trinajstić information content (AvgIpc) is 3.47. The number of benzene rings is 1. The number of Topliss-reactive ketones (excluding diaryl/α,β-unsaturated/α-hetero) is 1. The molecule has 2 rings (SSSR count). The van der Waals surface area contributed by atoms with Gasteiger partial charge in [0, 0.05) is 63.6 Å². The SMILES string of the molecule is CC(C)C(=O)CCCNC(=O)CNC(=O)[C@H](Cc1ccccc1)NC(=O)CNC(=O)CNC(=O)CCOCCOCCNC(=O)CCN1C(=O)CC(C(C)C)C1=O. The van der Waals surface area contributed by atoms with E-state index in [0.717, 1.165) is 10.5 Å². The lowest BCUT2D eigenvalue weighted by atomic mass is 9.94. The molecule has 316 valence electrons. The van der Waals surface area contributed by atoms with Gasteiger partial charge in [-0.2, -0.15) is 0 Å². The Labute approximate surface area is 333 Å². The molecule has 0 saturated carbocycles. The molecule has 0 spiro atoms. The Bertz CT molecular complexity index is 1520. The van der Waals surface area contributed by atoms with Gasteiger partial charge in [-0.1, -0.05) is 58.0 Å². The zero-order valence-electron chi connectivity index (χ0n) is 33.4.